The standard InChI is InChI=1S/C8H17NO/c1-3-4-5-6-9-8-7(2)10-8/h7-9H,3-6H2,1-2H3. The van der Waals surface area contributed by atoms with E-state index in [-0.39, 0.29) is 0 Å². The molecule has 2 nitrogen and oxygen atoms in total. The third-order valence-corrected chi connectivity index (χ3v) is 1.84. The number of ether oxygens (including phenoxy) is 1. The molecule has 2 unspecified atom stereocenters. The molecule has 10 heavy (non-hydrogen) atoms. The van der Waals surface area contributed by atoms with Gasteiger partial charge in [-0.25, -0.2) is 0 Å². The quantitative estimate of drug-likeness (QED) is 0.466. The van der Waals surface area contributed by atoms with E-state index in [0.29, 0.717) is 12.3 Å². The Morgan fingerprint density at radius 1 is 1.40 bits per heavy atom. The van der Waals surface area contributed by atoms with E-state index in [1.165, 1.54) is 19.3 Å². The highest BCUT2D eigenvalue weighted by Crippen LogP contribution is 2.17. The molecule has 0 saturated carbocycles. The maximum Gasteiger partial charge on any atom is 0.134 e. The van der Waals surface area contributed by atoms with Gasteiger partial charge in [-0.2, -0.15) is 0 Å². The second-order valence-electron chi connectivity index (χ2n) is 2.92. The molecule has 0 aromatic heterocycles. The molecule has 0 aromatic carbocycles. The van der Waals surface area contributed by atoms with Crippen molar-refractivity contribution in [1.82, 2.24) is 5.32 Å². The van der Waals surface area contributed by atoms with Crippen LogP contribution in [0, 0.1) is 0 Å². The summed E-state index contributed by atoms with van der Waals surface area (Å²) in [6.07, 6.45) is 4.73. The van der Waals surface area contributed by atoms with Gasteiger partial charge in [0.05, 0.1) is 6.10 Å². The van der Waals surface area contributed by atoms with Crippen molar-refractivity contribution in [1.29, 1.82) is 0 Å². The first kappa shape index (κ1) is 8.02. The van der Waals surface area contributed by atoms with Crippen LogP contribution in [0.15, 0.2) is 0 Å². The molecule has 2 heteroatoms. The molecule has 1 saturated heterocycles. The van der Waals surface area contributed by atoms with Gasteiger partial charge in [0.25, 0.3) is 0 Å². The average Bonchev–Trinajstić information content (AvgIpc) is 2.60. The maximum atomic E-state index is 5.19. The Morgan fingerprint density at radius 3 is 2.60 bits per heavy atom. The summed E-state index contributed by atoms with van der Waals surface area (Å²) in [6, 6.07) is 0. The summed E-state index contributed by atoms with van der Waals surface area (Å²) in [5.74, 6) is 0. The van der Waals surface area contributed by atoms with Crippen molar-refractivity contribution in [2.75, 3.05) is 6.54 Å². The van der Waals surface area contributed by atoms with Crippen molar-refractivity contribution in [3.05, 3.63) is 0 Å². The predicted octanol–water partition coefficient (Wildman–Crippen LogP) is 1.51. The van der Waals surface area contributed by atoms with E-state index in [1.807, 2.05) is 0 Å². The minimum Gasteiger partial charge on any atom is -0.354 e. The molecule has 1 heterocycles. The molecule has 0 aromatic rings. The normalized spacial score (nSPS) is 30.6. The van der Waals surface area contributed by atoms with Crippen LogP contribution in [0.3, 0.4) is 0 Å². The van der Waals surface area contributed by atoms with Gasteiger partial charge in [-0.3, -0.25) is 5.32 Å². The third kappa shape index (κ3) is 2.67. The van der Waals surface area contributed by atoms with Crippen LogP contribution in [0.25, 0.3) is 0 Å². The first-order valence-electron chi connectivity index (χ1n) is 4.23. The van der Waals surface area contributed by atoms with Crippen molar-refractivity contribution in [2.45, 2.75) is 45.4 Å². The lowest BCUT2D eigenvalue weighted by Gasteiger charge is -1.97. The Hall–Kier alpha value is -0.0800. The van der Waals surface area contributed by atoms with E-state index in [2.05, 4.69) is 19.2 Å². The monoisotopic (exact) mass is 143 g/mol. The van der Waals surface area contributed by atoms with Crippen molar-refractivity contribution in [3.63, 3.8) is 0 Å². The number of hydrogen-bond donors (Lipinski definition) is 1. The molecule has 1 N–H and O–H groups in total. The van der Waals surface area contributed by atoms with Crippen molar-refractivity contribution in [3.8, 4) is 0 Å². The van der Waals surface area contributed by atoms with E-state index in [4.69, 9.17) is 4.74 Å². The van der Waals surface area contributed by atoms with Crippen molar-refractivity contribution in [2.24, 2.45) is 0 Å². The molecule has 1 aliphatic rings. The molecule has 0 bridgehead atoms. The lowest BCUT2D eigenvalue weighted by atomic mass is 10.2. The fraction of sp³-hybridized carbons (Fsp3) is 1.00. The molecule has 0 amide bonds. The average molecular weight is 143 g/mol. The van der Waals surface area contributed by atoms with Gasteiger partial charge in [-0.1, -0.05) is 19.8 Å². The number of hydrogen-bond acceptors (Lipinski definition) is 2. The van der Waals surface area contributed by atoms with Gasteiger partial charge in [-0.15, -0.1) is 0 Å². The van der Waals surface area contributed by atoms with Crippen LogP contribution < -0.4 is 5.32 Å². The van der Waals surface area contributed by atoms with Crippen LogP contribution in [0.2, 0.25) is 0 Å². The summed E-state index contributed by atoms with van der Waals surface area (Å²) in [5.41, 5.74) is 0. The van der Waals surface area contributed by atoms with Gasteiger partial charge in [0, 0.05) is 0 Å². The summed E-state index contributed by atoms with van der Waals surface area (Å²) in [4.78, 5) is 0. The van der Waals surface area contributed by atoms with E-state index >= 15 is 0 Å². The maximum absolute atomic E-state index is 5.19. The van der Waals surface area contributed by atoms with Crippen molar-refractivity contribution < 1.29 is 4.74 Å². The topological polar surface area (TPSA) is 24.6 Å². The zero-order chi connectivity index (χ0) is 7.40. The second kappa shape index (κ2) is 3.94. The summed E-state index contributed by atoms with van der Waals surface area (Å²) in [5, 5.41) is 3.32. The molecule has 1 fully saturated rings. The van der Waals surface area contributed by atoms with Gasteiger partial charge in [0.15, 0.2) is 0 Å². The van der Waals surface area contributed by atoms with Gasteiger partial charge in [0.2, 0.25) is 0 Å². The first-order valence-corrected chi connectivity index (χ1v) is 4.23. The van der Waals surface area contributed by atoms with Gasteiger partial charge >= 0.3 is 0 Å². The Balaban J connectivity index is 1.78. The largest absolute Gasteiger partial charge is 0.354 e. The summed E-state index contributed by atoms with van der Waals surface area (Å²) in [6.45, 7) is 5.43. The van der Waals surface area contributed by atoms with Crippen molar-refractivity contribution >= 4 is 0 Å². The van der Waals surface area contributed by atoms with Crippen LogP contribution >= 0.6 is 0 Å². The molecule has 1 rings (SSSR count). The van der Waals surface area contributed by atoms with Gasteiger partial charge < -0.3 is 4.74 Å². The Morgan fingerprint density at radius 2 is 2.10 bits per heavy atom. The fourth-order valence-corrected chi connectivity index (χ4v) is 1.02. The number of nitrogens with one attached hydrogen (secondary N) is 1. The lowest BCUT2D eigenvalue weighted by Crippen LogP contribution is -2.20. The second-order valence-corrected chi connectivity index (χ2v) is 2.92. The van der Waals surface area contributed by atoms with Gasteiger partial charge in [-0.05, 0) is 19.9 Å². The molecular formula is C8H17NO. The minimum atomic E-state index is 0.372. The SMILES string of the molecule is CCCCCNC1OC1C. The third-order valence-electron chi connectivity index (χ3n) is 1.84. The molecule has 0 spiro atoms. The van der Waals surface area contributed by atoms with E-state index < -0.39 is 0 Å². The Bertz CT molecular complexity index is 95.3. The number of rotatable bonds is 5. The summed E-state index contributed by atoms with van der Waals surface area (Å²) < 4.78 is 5.19. The van der Waals surface area contributed by atoms with Crippen LogP contribution in [-0.4, -0.2) is 18.9 Å². The summed E-state index contributed by atoms with van der Waals surface area (Å²) in [7, 11) is 0. The smallest absolute Gasteiger partial charge is 0.134 e. The molecular weight excluding hydrogens is 126 g/mol. The lowest BCUT2D eigenvalue weighted by molar-refractivity contribution is 0.349. The van der Waals surface area contributed by atoms with Gasteiger partial charge in [0.1, 0.15) is 6.23 Å². The van der Waals surface area contributed by atoms with Crippen LogP contribution in [0.1, 0.15) is 33.1 Å². The van der Waals surface area contributed by atoms with Crippen LogP contribution in [-0.2, 0) is 4.74 Å². The molecule has 60 valence electrons. The molecule has 0 radical (unpaired) electrons. The highest BCUT2D eigenvalue weighted by atomic mass is 16.6. The zero-order valence-corrected chi connectivity index (χ0v) is 6.89. The van der Waals surface area contributed by atoms with E-state index in [0.717, 1.165) is 6.54 Å². The number of epoxide rings is 1. The van der Waals surface area contributed by atoms with E-state index in [9.17, 15) is 0 Å². The van der Waals surface area contributed by atoms with Crippen LogP contribution in [0.5, 0.6) is 0 Å². The highest BCUT2D eigenvalue weighted by molar-refractivity contribution is 4.77. The molecule has 1 aliphatic heterocycles. The number of unbranched alkanes of at least 4 members (excludes halogenated alkanes) is 2. The highest BCUT2D eigenvalue weighted by Gasteiger charge is 2.32. The van der Waals surface area contributed by atoms with E-state index in [1.54, 1.807) is 0 Å². The Kier molecular flexibility index (Phi) is 3.16. The minimum absolute atomic E-state index is 0.372. The fourth-order valence-electron chi connectivity index (χ4n) is 1.02. The Labute approximate surface area is 63.0 Å². The molecule has 0 aliphatic carbocycles. The zero-order valence-electron chi connectivity index (χ0n) is 6.89. The first-order chi connectivity index (χ1) is 4.84. The predicted molar refractivity (Wildman–Crippen MR) is 41.9 cm³/mol. The summed E-state index contributed by atoms with van der Waals surface area (Å²) >= 11 is 0. The van der Waals surface area contributed by atoms with Crippen LogP contribution in [0.4, 0.5) is 0 Å². The molecule has 2 atom stereocenters.